The summed E-state index contributed by atoms with van der Waals surface area (Å²) in [4.78, 5) is 16.8. The van der Waals surface area contributed by atoms with Gasteiger partial charge in [0.2, 0.25) is 5.91 Å². The average molecular weight is 448 g/mol. The zero-order chi connectivity index (χ0) is 20.4. The van der Waals surface area contributed by atoms with E-state index in [1.165, 1.54) is 24.3 Å². The second-order valence-corrected chi connectivity index (χ2v) is 10.2. The maximum absolute atomic E-state index is 12.3. The third kappa shape index (κ3) is 4.40. The highest BCUT2D eigenvalue weighted by atomic mass is 32.2. The number of nitrogens with one attached hydrogen (secondary N) is 2. The standard InChI is InChI=1S/C19H17N3O4S3/c1-12(22-29(24,25)17-7-4-10-27-17)18(23)20-11-13-8-9-15(26-13)19-21-14-5-2-3-6-16(14)28-19/h2-10,12,22H,11H2,1H3,(H,20,23). The topological polar surface area (TPSA) is 101 Å². The molecule has 29 heavy (non-hydrogen) atoms. The fourth-order valence-corrected chi connectivity index (χ4v) is 5.79. The Morgan fingerprint density at radius 1 is 1.17 bits per heavy atom. The lowest BCUT2D eigenvalue weighted by Gasteiger charge is -2.13. The number of nitrogens with zero attached hydrogens (tertiary/aromatic N) is 1. The first-order valence-electron chi connectivity index (χ1n) is 8.70. The summed E-state index contributed by atoms with van der Waals surface area (Å²) >= 11 is 2.62. The first kappa shape index (κ1) is 19.8. The van der Waals surface area contributed by atoms with Crippen molar-refractivity contribution in [3.8, 4) is 10.8 Å². The molecule has 0 bridgehead atoms. The molecule has 4 aromatic rings. The van der Waals surface area contributed by atoms with Crippen molar-refractivity contribution in [2.75, 3.05) is 0 Å². The van der Waals surface area contributed by atoms with E-state index >= 15 is 0 Å². The van der Waals surface area contributed by atoms with Gasteiger partial charge in [-0.1, -0.05) is 18.2 Å². The molecule has 3 aromatic heterocycles. The summed E-state index contributed by atoms with van der Waals surface area (Å²) in [5.41, 5.74) is 0.908. The molecule has 0 saturated carbocycles. The second kappa shape index (κ2) is 8.07. The van der Waals surface area contributed by atoms with Crippen LogP contribution in [0.1, 0.15) is 12.7 Å². The number of thiazole rings is 1. The molecule has 150 valence electrons. The molecule has 1 amide bonds. The highest BCUT2D eigenvalue weighted by Gasteiger charge is 2.22. The molecule has 0 spiro atoms. The number of hydrogen-bond donors (Lipinski definition) is 2. The molecule has 1 unspecified atom stereocenters. The Hall–Kier alpha value is -2.53. The molecule has 2 N–H and O–H groups in total. The minimum atomic E-state index is -3.71. The number of aromatic nitrogens is 1. The number of amides is 1. The van der Waals surface area contributed by atoms with Gasteiger partial charge in [0.25, 0.3) is 10.0 Å². The quantitative estimate of drug-likeness (QED) is 0.451. The number of thiophene rings is 1. The van der Waals surface area contributed by atoms with Crippen molar-refractivity contribution < 1.29 is 17.6 Å². The number of carbonyl (C=O) groups excluding carboxylic acids is 1. The molecule has 0 fully saturated rings. The Kier molecular flexibility index (Phi) is 5.50. The van der Waals surface area contributed by atoms with Gasteiger partial charge in [-0.2, -0.15) is 4.72 Å². The van der Waals surface area contributed by atoms with Crippen LogP contribution in [0.25, 0.3) is 21.0 Å². The lowest BCUT2D eigenvalue weighted by Crippen LogP contribution is -2.44. The number of benzene rings is 1. The van der Waals surface area contributed by atoms with Crippen LogP contribution >= 0.6 is 22.7 Å². The Morgan fingerprint density at radius 3 is 2.76 bits per heavy atom. The molecular formula is C19H17N3O4S3. The number of sulfonamides is 1. The summed E-state index contributed by atoms with van der Waals surface area (Å²) in [5, 5.41) is 5.12. The first-order valence-corrected chi connectivity index (χ1v) is 11.9. The third-order valence-corrected chi connectivity index (χ3v) is 8.08. The molecule has 0 aliphatic carbocycles. The summed E-state index contributed by atoms with van der Waals surface area (Å²) in [5.74, 6) is 0.742. The molecule has 0 saturated heterocycles. The summed E-state index contributed by atoms with van der Waals surface area (Å²) in [6, 6.07) is 13.6. The van der Waals surface area contributed by atoms with Crippen LogP contribution in [-0.2, 0) is 21.4 Å². The molecular weight excluding hydrogens is 430 g/mol. The van der Waals surface area contributed by atoms with Crippen molar-refractivity contribution in [2.45, 2.75) is 23.7 Å². The maximum Gasteiger partial charge on any atom is 0.250 e. The maximum atomic E-state index is 12.3. The molecule has 0 aliphatic heterocycles. The number of fused-ring (bicyclic) bond motifs is 1. The van der Waals surface area contributed by atoms with Gasteiger partial charge in [-0.25, -0.2) is 13.4 Å². The van der Waals surface area contributed by atoms with E-state index in [-0.39, 0.29) is 10.8 Å². The van der Waals surface area contributed by atoms with Crippen LogP contribution in [0.2, 0.25) is 0 Å². The molecule has 7 nitrogen and oxygen atoms in total. The summed E-state index contributed by atoms with van der Waals surface area (Å²) in [7, 11) is -3.71. The Labute approximate surface area is 175 Å². The third-order valence-electron chi connectivity index (χ3n) is 4.09. The van der Waals surface area contributed by atoms with Gasteiger partial charge in [-0.05, 0) is 42.6 Å². The minimum absolute atomic E-state index is 0.148. The molecule has 3 heterocycles. The van der Waals surface area contributed by atoms with Crippen LogP contribution in [-0.4, -0.2) is 25.4 Å². The van der Waals surface area contributed by atoms with Gasteiger partial charge in [-0.15, -0.1) is 22.7 Å². The monoisotopic (exact) mass is 447 g/mol. The molecule has 0 aliphatic rings. The minimum Gasteiger partial charge on any atom is -0.457 e. The number of carbonyl (C=O) groups is 1. The van der Waals surface area contributed by atoms with E-state index in [0.717, 1.165) is 26.6 Å². The number of rotatable bonds is 7. The van der Waals surface area contributed by atoms with E-state index < -0.39 is 22.0 Å². The number of furan rings is 1. The van der Waals surface area contributed by atoms with Crippen LogP contribution in [0.5, 0.6) is 0 Å². The van der Waals surface area contributed by atoms with Crippen LogP contribution in [0.3, 0.4) is 0 Å². The van der Waals surface area contributed by atoms with Crippen molar-refractivity contribution in [1.29, 1.82) is 0 Å². The second-order valence-electron chi connectivity index (χ2n) is 6.25. The first-order chi connectivity index (χ1) is 13.9. The normalized spacial score (nSPS) is 12.9. The lowest BCUT2D eigenvalue weighted by atomic mass is 10.3. The highest BCUT2D eigenvalue weighted by molar-refractivity contribution is 7.91. The van der Waals surface area contributed by atoms with E-state index in [1.54, 1.807) is 17.5 Å². The summed E-state index contributed by atoms with van der Waals surface area (Å²) in [6.45, 7) is 1.64. The Balaban J connectivity index is 1.37. The van der Waals surface area contributed by atoms with Crippen LogP contribution in [0, 0.1) is 0 Å². The molecule has 0 radical (unpaired) electrons. The van der Waals surface area contributed by atoms with Crippen LogP contribution < -0.4 is 10.0 Å². The highest BCUT2D eigenvalue weighted by Crippen LogP contribution is 2.31. The van der Waals surface area contributed by atoms with Crippen LogP contribution in [0.4, 0.5) is 0 Å². The van der Waals surface area contributed by atoms with Crippen molar-refractivity contribution in [3.63, 3.8) is 0 Å². The molecule has 10 heteroatoms. The fourth-order valence-electron chi connectivity index (χ4n) is 2.65. The van der Waals surface area contributed by atoms with Gasteiger partial charge in [0.05, 0.1) is 22.8 Å². The summed E-state index contributed by atoms with van der Waals surface area (Å²) in [6.07, 6.45) is 0. The smallest absolute Gasteiger partial charge is 0.250 e. The zero-order valence-electron chi connectivity index (χ0n) is 15.3. The predicted octanol–water partition coefficient (Wildman–Crippen LogP) is 3.60. The number of hydrogen-bond acceptors (Lipinski definition) is 7. The van der Waals surface area contributed by atoms with Gasteiger partial charge in [0.15, 0.2) is 10.8 Å². The van der Waals surface area contributed by atoms with Crippen LogP contribution in [0.15, 0.2) is 62.5 Å². The van der Waals surface area contributed by atoms with Gasteiger partial charge in [0.1, 0.15) is 9.97 Å². The fraction of sp³-hybridized carbons (Fsp3) is 0.158. The Morgan fingerprint density at radius 2 is 2.00 bits per heavy atom. The molecule has 1 atom stereocenters. The van der Waals surface area contributed by atoms with Gasteiger partial charge < -0.3 is 9.73 Å². The van der Waals surface area contributed by atoms with Gasteiger partial charge in [-0.3, -0.25) is 4.79 Å². The van der Waals surface area contributed by atoms with Gasteiger partial charge in [0, 0.05) is 0 Å². The number of para-hydroxylation sites is 1. The Bertz CT molecular complexity index is 1210. The SMILES string of the molecule is CC(NS(=O)(=O)c1cccs1)C(=O)NCc1ccc(-c2nc3ccccc3s2)o1. The predicted molar refractivity (Wildman–Crippen MR) is 113 cm³/mol. The van der Waals surface area contributed by atoms with Gasteiger partial charge >= 0.3 is 0 Å². The average Bonchev–Trinajstić information content (AvgIpc) is 3.45. The molecule has 4 rings (SSSR count). The van der Waals surface area contributed by atoms with Crippen molar-refractivity contribution in [3.05, 3.63) is 59.7 Å². The van der Waals surface area contributed by atoms with E-state index in [0.29, 0.717) is 11.5 Å². The largest absolute Gasteiger partial charge is 0.457 e. The summed E-state index contributed by atoms with van der Waals surface area (Å²) < 4.78 is 33.8. The van der Waals surface area contributed by atoms with E-state index in [1.807, 2.05) is 30.3 Å². The van der Waals surface area contributed by atoms with Crippen molar-refractivity contribution in [2.24, 2.45) is 0 Å². The van der Waals surface area contributed by atoms with E-state index in [9.17, 15) is 13.2 Å². The van der Waals surface area contributed by atoms with Crippen molar-refractivity contribution in [1.82, 2.24) is 15.0 Å². The molecule has 1 aromatic carbocycles. The van der Waals surface area contributed by atoms with Crippen molar-refractivity contribution >= 4 is 48.8 Å². The zero-order valence-corrected chi connectivity index (χ0v) is 17.7. The van der Waals surface area contributed by atoms with E-state index in [2.05, 4.69) is 15.0 Å². The van der Waals surface area contributed by atoms with E-state index in [4.69, 9.17) is 4.42 Å². The lowest BCUT2D eigenvalue weighted by molar-refractivity contribution is -0.122.